The molecule has 11 rings (SSSR count). The summed E-state index contributed by atoms with van der Waals surface area (Å²) in [6.45, 7) is 43.3. The van der Waals surface area contributed by atoms with Gasteiger partial charge in [-0.1, -0.05) is 166 Å². The molecule has 0 atom stereocenters. The lowest BCUT2D eigenvalue weighted by atomic mass is 9.36. The molecule has 0 saturated carbocycles. The summed E-state index contributed by atoms with van der Waals surface area (Å²) in [6, 6.07) is 42.4. The lowest BCUT2D eigenvalue weighted by Crippen LogP contribution is -2.60. The van der Waals surface area contributed by atoms with Crippen molar-refractivity contribution in [2.45, 2.75) is 188 Å². The molecule has 1 aromatic heterocycles. The molecule has 2 aliphatic carbocycles. The number of rotatable bonds is 3. The van der Waals surface area contributed by atoms with Crippen LogP contribution in [0.15, 0.2) is 103 Å². The van der Waals surface area contributed by atoms with Crippen LogP contribution in [0, 0.1) is 6.92 Å². The average Bonchev–Trinajstić information content (AvgIpc) is 3.66. The van der Waals surface area contributed by atoms with E-state index in [1.54, 1.807) is 0 Å². The molecule has 2 aliphatic heterocycles. The van der Waals surface area contributed by atoms with Crippen molar-refractivity contribution in [2.75, 3.05) is 9.80 Å². The van der Waals surface area contributed by atoms with E-state index in [0.29, 0.717) is 0 Å². The molecule has 0 spiro atoms. The Hall–Kier alpha value is -5.06. The fraction of sp³-hybridized carbons (Fsp3) is 0.433. The number of aryl methyl sites for hydroxylation is 1. The zero-order valence-corrected chi connectivity index (χ0v) is 47.3. The molecule has 0 bridgehead atoms. The highest BCUT2D eigenvalue weighted by molar-refractivity contribution is 7.33. The summed E-state index contributed by atoms with van der Waals surface area (Å²) in [5.74, 6) is 0. The lowest BCUT2D eigenvalue weighted by molar-refractivity contribution is 0.332. The van der Waals surface area contributed by atoms with Gasteiger partial charge in [-0.2, -0.15) is 0 Å². The van der Waals surface area contributed by atoms with Crippen LogP contribution in [0.25, 0.3) is 21.2 Å². The number of fused-ring (bicyclic) bond motifs is 8. The Morgan fingerprint density at radius 1 is 0.465 bits per heavy atom. The lowest BCUT2D eigenvalue weighted by Gasteiger charge is -2.45. The number of hydrogen-bond acceptors (Lipinski definition) is 3. The SMILES string of the molecule is Cc1cc2c3c(c1)N(c1ccc4c(c1)C(C)(C)CCC4(C)C)c1c(sc4ccc(C(C)(C)C)cc14)B3c1cc(C(C)(C)C)ccc1N2c1ccc(C(C)(C)C)cc1-c1ccc2c(c1)C(C)(C)CCC2(C)C. The second-order valence-corrected chi connectivity index (χ2v) is 29.2. The molecule has 7 aromatic rings. The second kappa shape index (κ2) is 15.5. The minimum Gasteiger partial charge on any atom is -0.311 e. The van der Waals surface area contributed by atoms with Crippen LogP contribution in [0.1, 0.15) is 188 Å². The van der Waals surface area contributed by atoms with Gasteiger partial charge in [0.05, 0.1) is 11.4 Å². The van der Waals surface area contributed by atoms with Gasteiger partial charge < -0.3 is 9.80 Å². The van der Waals surface area contributed by atoms with Crippen molar-refractivity contribution in [1.82, 2.24) is 0 Å². The summed E-state index contributed by atoms with van der Waals surface area (Å²) < 4.78 is 2.80. The molecule has 4 heteroatoms. The molecular weight excluding hydrogens is 876 g/mol. The summed E-state index contributed by atoms with van der Waals surface area (Å²) in [5, 5.41) is 1.36. The third kappa shape index (κ3) is 7.60. The molecule has 4 aliphatic rings. The normalized spacial score (nSPS) is 18.4. The topological polar surface area (TPSA) is 6.48 Å². The van der Waals surface area contributed by atoms with E-state index >= 15 is 0 Å². The van der Waals surface area contributed by atoms with Crippen LogP contribution in [0.2, 0.25) is 0 Å². The summed E-state index contributed by atoms with van der Waals surface area (Å²) in [6.07, 6.45) is 4.77. The predicted octanol–water partition coefficient (Wildman–Crippen LogP) is 17.5. The van der Waals surface area contributed by atoms with Gasteiger partial charge in [-0.05, 0) is 186 Å². The Kier molecular flexibility index (Phi) is 10.5. The van der Waals surface area contributed by atoms with E-state index in [0.717, 1.165) is 0 Å². The first-order chi connectivity index (χ1) is 33.0. The van der Waals surface area contributed by atoms with Gasteiger partial charge in [0.15, 0.2) is 0 Å². The Bertz CT molecular complexity index is 3350. The molecule has 0 unspecified atom stereocenters. The molecule has 0 amide bonds. The minimum absolute atomic E-state index is 0.00933. The van der Waals surface area contributed by atoms with Gasteiger partial charge in [-0.25, -0.2) is 0 Å². The van der Waals surface area contributed by atoms with Crippen LogP contribution >= 0.6 is 11.3 Å². The highest BCUT2D eigenvalue weighted by Gasteiger charge is 2.47. The summed E-state index contributed by atoms with van der Waals surface area (Å²) >= 11 is 2.02. The quantitative estimate of drug-likeness (QED) is 0.163. The maximum Gasteiger partial charge on any atom is 0.264 e. The zero-order valence-electron chi connectivity index (χ0n) is 46.5. The van der Waals surface area contributed by atoms with E-state index < -0.39 is 0 Å². The van der Waals surface area contributed by atoms with Gasteiger partial charge in [0.25, 0.3) is 6.71 Å². The van der Waals surface area contributed by atoms with Crippen LogP contribution in [0.4, 0.5) is 34.1 Å². The molecule has 366 valence electrons. The number of hydrogen-bond donors (Lipinski definition) is 0. The van der Waals surface area contributed by atoms with Crippen LogP contribution in [-0.4, -0.2) is 6.71 Å². The molecule has 0 fully saturated rings. The third-order valence-electron chi connectivity index (χ3n) is 17.9. The van der Waals surface area contributed by atoms with Crippen LogP contribution < -0.4 is 25.5 Å². The molecule has 0 radical (unpaired) electrons. The van der Waals surface area contributed by atoms with E-state index in [1.165, 1.54) is 141 Å². The maximum atomic E-state index is 2.72. The van der Waals surface area contributed by atoms with Crippen molar-refractivity contribution in [2.24, 2.45) is 0 Å². The first-order valence-corrected chi connectivity index (χ1v) is 27.7. The highest BCUT2D eigenvalue weighted by Crippen LogP contribution is 2.54. The van der Waals surface area contributed by atoms with Gasteiger partial charge in [0.1, 0.15) is 0 Å². The summed E-state index contributed by atoms with van der Waals surface area (Å²) in [5.41, 5.74) is 24.9. The summed E-state index contributed by atoms with van der Waals surface area (Å²) in [7, 11) is 0. The van der Waals surface area contributed by atoms with Gasteiger partial charge >= 0.3 is 0 Å². The number of thiophene rings is 1. The Morgan fingerprint density at radius 3 is 1.55 bits per heavy atom. The second-order valence-electron chi connectivity index (χ2n) is 28.1. The fourth-order valence-corrected chi connectivity index (χ4v) is 14.3. The molecule has 2 nitrogen and oxygen atoms in total. The average molecular weight is 955 g/mol. The maximum absolute atomic E-state index is 2.72. The Morgan fingerprint density at radius 2 is 0.958 bits per heavy atom. The van der Waals surface area contributed by atoms with E-state index in [2.05, 4.69) is 238 Å². The minimum atomic E-state index is -0.0332. The molecule has 0 N–H and O–H groups in total. The van der Waals surface area contributed by atoms with Crippen LogP contribution in [-0.2, 0) is 37.9 Å². The van der Waals surface area contributed by atoms with Crippen molar-refractivity contribution in [1.29, 1.82) is 0 Å². The first-order valence-electron chi connectivity index (χ1n) is 26.9. The molecule has 3 heterocycles. The molecule has 71 heavy (non-hydrogen) atoms. The van der Waals surface area contributed by atoms with Crippen molar-refractivity contribution >= 4 is 78.0 Å². The van der Waals surface area contributed by atoms with Gasteiger partial charge in [-0.15, -0.1) is 11.3 Å². The first kappa shape index (κ1) is 48.2. The molecular formula is C67H79BN2S. The van der Waals surface area contributed by atoms with E-state index in [4.69, 9.17) is 0 Å². The Labute approximate surface area is 432 Å². The van der Waals surface area contributed by atoms with Crippen molar-refractivity contribution in [3.05, 3.63) is 148 Å². The molecule has 0 saturated heterocycles. The zero-order chi connectivity index (χ0) is 50.9. The number of benzene rings is 6. The van der Waals surface area contributed by atoms with Crippen molar-refractivity contribution in [3.8, 4) is 11.1 Å². The third-order valence-corrected chi connectivity index (χ3v) is 19.1. The van der Waals surface area contributed by atoms with E-state index in [1.807, 2.05) is 11.3 Å². The Balaban J connectivity index is 1.25. The summed E-state index contributed by atoms with van der Waals surface area (Å²) in [4.78, 5) is 5.40. The van der Waals surface area contributed by atoms with Crippen molar-refractivity contribution in [3.63, 3.8) is 0 Å². The van der Waals surface area contributed by atoms with Crippen LogP contribution in [0.5, 0.6) is 0 Å². The number of anilines is 6. The smallest absolute Gasteiger partial charge is 0.264 e. The van der Waals surface area contributed by atoms with Crippen molar-refractivity contribution < 1.29 is 0 Å². The van der Waals surface area contributed by atoms with Gasteiger partial charge in [0, 0.05) is 43.2 Å². The monoisotopic (exact) mass is 955 g/mol. The van der Waals surface area contributed by atoms with E-state index in [-0.39, 0.29) is 44.6 Å². The molecule has 6 aromatic carbocycles. The number of nitrogens with zero attached hydrogens (tertiary/aromatic N) is 2. The van der Waals surface area contributed by atoms with E-state index in [9.17, 15) is 0 Å². The largest absolute Gasteiger partial charge is 0.311 e. The fourth-order valence-electron chi connectivity index (χ4n) is 13.0. The van der Waals surface area contributed by atoms with Crippen LogP contribution in [0.3, 0.4) is 0 Å². The van der Waals surface area contributed by atoms with Gasteiger partial charge in [0.2, 0.25) is 0 Å². The highest BCUT2D eigenvalue weighted by atomic mass is 32.1. The predicted molar refractivity (Wildman–Crippen MR) is 313 cm³/mol. The standard InChI is InChI=1S/C67H79BN2S/c1-40-33-55-58-56(34-40)70(53-26-20-42(61(2,3)4)36-46(53)41-19-24-48-50(35-41)66(15,16)31-29-64(48,11)12)54-27-21-44(63(8,9)10)38-52(54)68(58)60-59(47-37-43(62(5,6)7)22-28-57(47)71-60)69(55)45-23-25-49-51(39-45)67(17,18)32-30-65(49,13)14/h19-28,33-39H,29-32H2,1-18H3. The van der Waals surface area contributed by atoms with Gasteiger partial charge in [-0.3, -0.25) is 0 Å².